The van der Waals surface area contributed by atoms with E-state index in [1.165, 1.54) is 17.5 Å². The molecule has 102 valence electrons. The number of rotatable bonds is 2. The van der Waals surface area contributed by atoms with Crippen LogP contribution in [0.4, 0.5) is 0 Å². The van der Waals surface area contributed by atoms with Crippen molar-refractivity contribution in [3.8, 4) is 0 Å². The highest BCUT2D eigenvalue weighted by Gasteiger charge is 2.26. The standard InChI is InChI=1S/C16H22N2O/c19-16(13-7-4-10-17-11-13)18-15-9-3-6-12-5-1-2-8-14(12)15/h1-2,5,8,13,15,17H,3-4,6-7,9-11H2,(H,18,19). The van der Waals surface area contributed by atoms with Crippen LogP contribution in [0.3, 0.4) is 0 Å². The van der Waals surface area contributed by atoms with Crippen molar-refractivity contribution >= 4 is 5.91 Å². The minimum atomic E-state index is 0.155. The molecule has 2 atom stereocenters. The van der Waals surface area contributed by atoms with Gasteiger partial charge in [0.15, 0.2) is 0 Å². The van der Waals surface area contributed by atoms with Crippen molar-refractivity contribution in [3.05, 3.63) is 35.4 Å². The van der Waals surface area contributed by atoms with E-state index in [0.29, 0.717) is 0 Å². The van der Waals surface area contributed by atoms with Crippen LogP contribution in [-0.4, -0.2) is 19.0 Å². The SMILES string of the molecule is O=C(NC1CCCc2ccccc21)C1CCCNC1. The Morgan fingerprint density at radius 1 is 1.21 bits per heavy atom. The molecule has 0 saturated carbocycles. The maximum atomic E-state index is 12.3. The Morgan fingerprint density at radius 2 is 2.11 bits per heavy atom. The number of carbonyl (C=O) groups excluding carboxylic acids is 1. The highest BCUT2D eigenvalue weighted by atomic mass is 16.2. The summed E-state index contributed by atoms with van der Waals surface area (Å²) in [6, 6.07) is 8.74. The second-order valence-corrected chi connectivity index (χ2v) is 5.70. The van der Waals surface area contributed by atoms with Crippen molar-refractivity contribution < 1.29 is 4.79 Å². The Balaban J connectivity index is 1.68. The quantitative estimate of drug-likeness (QED) is 0.853. The average Bonchev–Trinajstić information content (AvgIpc) is 2.48. The van der Waals surface area contributed by atoms with E-state index in [1.54, 1.807) is 0 Å². The molecule has 0 bridgehead atoms. The molecule has 1 aliphatic carbocycles. The number of nitrogens with one attached hydrogen (secondary N) is 2. The minimum Gasteiger partial charge on any atom is -0.349 e. The van der Waals surface area contributed by atoms with E-state index < -0.39 is 0 Å². The molecule has 0 spiro atoms. The summed E-state index contributed by atoms with van der Waals surface area (Å²) in [4.78, 5) is 12.3. The molecule has 3 rings (SSSR count). The molecule has 1 aliphatic heterocycles. The Morgan fingerprint density at radius 3 is 2.95 bits per heavy atom. The van der Waals surface area contributed by atoms with Crippen LogP contribution in [0.2, 0.25) is 0 Å². The zero-order valence-corrected chi connectivity index (χ0v) is 11.3. The monoisotopic (exact) mass is 258 g/mol. The molecule has 1 fully saturated rings. The van der Waals surface area contributed by atoms with E-state index in [1.807, 2.05) is 0 Å². The fourth-order valence-corrected chi connectivity index (χ4v) is 3.27. The van der Waals surface area contributed by atoms with Crippen LogP contribution in [0.15, 0.2) is 24.3 Å². The lowest BCUT2D eigenvalue weighted by Crippen LogP contribution is -2.42. The Kier molecular flexibility index (Phi) is 3.83. The zero-order valence-electron chi connectivity index (χ0n) is 11.3. The summed E-state index contributed by atoms with van der Waals surface area (Å²) < 4.78 is 0. The minimum absolute atomic E-state index is 0.155. The van der Waals surface area contributed by atoms with Crippen LogP contribution in [0.1, 0.15) is 42.9 Å². The first-order chi connectivity index (χ1) is 9.34. The van der Waals surface area contributed by atoms with Crippen molar-refractivity contribution in [1.82, 2.24) is 10.6 Å². The largest absolute Gasteiger partial charge is 0.349 e. The number of amides is 1. The number of hydrogen-bond acceptors (Lipinski definition) is 2. The fraction of sp³-hybridized carbons (Fsp3) is 0.562. The summed E-state index contributed by atoms with van der Waals surface area (Å²) in [5.74, 6) is 0.386. The average molecular weight is 258 g/mol. The number of fused-ring (bicyclic) bond motifs is 1. The third kappa shape index (κ3) is 2.81. The van der Waals surface area contributed by atoms with Gasteiger partial charge in [0.05, 0.1) is 12.0 Å². The van der Waals surface area contributed by atoms with Gasteiger partial charge < -0.3 is 10.6 Å². The van der Waals surface area contributed by atoms with Gasteiger partial charge in [0.1, 0.15) is 0 Å². The first-order valence-electron chi connectivity index (χ1n) is 7.43. The van der Waals surface area contributed by atoms with Crippen LogP contribution >= 0.6 is 0 Å². The normalized spacial score (nSPS) is 26.5. The summed E-state index contributed by atoms with van der Waals surface area (Å²) in [5, 5.41) is 6.58. The lowest BCUT2D eigenvalue weighted by atomic mass is 9.87. The predicted molar refractivity (Wildman–Crippen MR) is 75.9 cm³/mol. The molecule has 1 aromatic rings. The molecule has 3 heteroatoms. The Labute approximate surface area is 114 Å². The maximum Gasteiger partial charge on any atom is 0.224 e. The summed E-state index contributed by atoms with van der Waals surface area (Å²) in [6.45, 7) is 1.89. The van der Waals surface area contributed by atoms with E-state index in [0.717, 1.165) is 38.8 Å². The van der Waals surface area contributed by atoms with Gasteiger partial charge in [0.25, 0.3) is 0 Å². The molecule has 3 nitrogen and oxygen atoms in total. The molecular weight excluding hydrogens is 236 g/mol. The summed E-state index contributed by atoms with van der Waals surface area (Å²) in [5.41, 5.74) is 2.73. The van der Waals surface area contributed by atoms with Gasteiger partial charge in [-0.15, -0.1) is 0 Å². The maximum absolute atomic E-state index is 12.3. The predicted octanol–water partition coefficient (Wildman–Crippen LogP) is 2.18. The van der Waals surface area contributed by atoms with E-state index in [-0.39, 0.29) is 17.9 Å². The molecule has 1 amide bonds. The Hall–Kier alpha value is -1.35. The summed E-state index contributed by atoms with van der Waals surface area (Å²) >= 11 is 0. The van der Waals surface area contributed by atoms with Crippen LogP contribution in [0, 0.1) is 5.92 Å². The van der Waals surface area contributed by atoms with E-state index >= 15 is 0 Å². The number of piperidine rings is 1. The summed E-state index contributed by atoms with van der Waals surface area (Å²) in [6.07, 6.45) is 5.52. The highest BCUT2D eigenvalue weighted by molar-refractivity contribution is 5.79. The van der Waals surface area contributed by atoms with Crippen LogP contribution in [0.5, 0.6) is 0 Å². The molecule has 2 N–H and O–H groups in total. The van der Waals surface area contributed by atoms with Gasteiger partial charge in [0.2, 0.25) is 5.91 Å². The molecule has 2 unspecified atom stereocenters. The molecule has 1 aromatic carbocycles. The van der Waals surface area contributed by atoms with Crippen molar-refractivity contribution in [2.45, 2.75) is 38.1 Å². The van der Waals surface area contributed by atoms with Crippen molar-refractivity contribution in [1.29, 1.82) is 0 Å². The lowest BCUT2D eigenvalue weighted by molar-refractivity contribution is -0.126. The molecule has 0 radical (unpaired) electrons. The molecule has 19 heavy (non-hydrogen) atoms. The third-order valence-corrected chi connectivity index (χ3v) is 4.35. The number of aryl methyl sites for hydroxylation is 1. The molecule has 0 aromatic heterocycles. The number of benzene rings is 1. The number of carbonyl (C=O) groups is 1. The van der Waals surface area contributed by atoms with Crippen LogP contribution in [-0.2, 0) is 11.2 Å². The van der Waals surface area contributed by atoms with Gasteiger partial charge in [-0.2, -0.15) is 0 Å². The second-order valence-electron chi connectivity index (χ2n) is 5.70. The zero-order chi connectivity index (χ0) is 13.1. The van der Waals surface area contributed by atoms with E-state index in [4.69, 9.17) is 0 Å². The van der Waals surface area contributed by atoms with Gasteiger partial charge in [-0.3, -0.25) is 4.79 Å². The first kappa shape index (κ1) is 12.7. The van der Waals surface area contributed by atoms with Gasteiger partial charge in [-0.1, -0.05) is 24.3 Å². The first-order valence-corrected chi connectivity index (χ1v) is 7.43. The molecule has 1 heterocycles. The second kappa shape index (κ2) is 5.74. The van der Waals surface area contributed by atoms with Gasteiger partial charge in [-0.25, -0.2) is 0 Å². The van der Waals surface area contributed by atoms with Gasteiger partial charge >= 0.3 is 0 Å². The Bertz CT molecular complexity index is 452. The number of hydrogen-bond donors (Lipinski definition) is 2. The molecule has 1 saturated heterocycles. The lowest BCUT2D eigenvalue weighted by Gasteiger charge is -2.29. The van der Waals surface area contributed by atoms with Gasteiger partial charge in [0, 0.05) is 6.54 Å². The topological polar surface area (TPSA) is 41.1 Å². The van der Waals surface area contributed by atoms with Crippen molar-refractivity contribution in [3.63, 3.8) is 0 Å². The highest BCUT2D eigenvalue weighted by Crippen LogP contribution is 2.29. The van der Waals surface area contributed by atoms with E-state index in [9.17, 15) is 4.79 Å². The fourth-order valence-electron chi connectivity index (χ4n) is 3.27. The van der Waals surface area contributed by atoms with Crippen LogP contribution in [0.25, 0.3) is 0 Å². The smallest absolute Gasteiger partial charge is 0.224 e. The summed E-state index contributed by atoms with van der Waals surface area (Å²) in [7, 11) is 0. The van der Waals surface area contributed by atoms with Gasteiger partial charge in [-0.05, 0) is 49.8 Å². The van der Waals surface area contributed by atoms with E-state index in [2.05, 4.69) is 34.9 Å². The van der Waals surface area contributed by atoms with Crippen molar-refractivity contribution in [2.75, 3.05) is 13.1 Å². The third-order valence-electron chi connectivity index (χ3n) is 4.35. The van der Waals surface area contributed by atoms with Crippen molar-refractivity contribution in [2.24, 2.45) is 5.92 Å². The molecular formula is C16H22N2O. The van der Waals surface area contributed by atoms with Crippen LogP contribution < -0.4 is 10.6 Å². The molecule has 2 aliphatic rings.